The molecule has 12 heavy (non-hydrogen) atoms. The molecule has 1 saturated heterocycles. The molecule has 1 aliphatic heterocycles. The summed E-state index contributed by atoms with van der Waals surface area (Å²) in [6, 6.07) is 0. The lowest BCUT2D eigenvalue weighted by atomic mass is 9.95. The molecule has 1 heterocycles. The predicted molar refractivity (Wildman–Crippen MR) is 45.6 cm³/mol. The fraction of sp³-hybridized carbons (Fsp3) is 0.875. The monoisotopic (exact) mass is 173 g/mol. The zero-order valence-corrected chi connectivity index (χ0v) is 7.71. The van der Waals surface area contributed by atoms with Crippen molar-refractivity contribution < 1.29 is 14.4 Å². The zero-order valence-electron chi connectivity index (χ0n) is 7.71. The zero-order chi connectivity index (χ0) is 9.41. The maximum atomic E-state index is 11.1. The van der Waals surface area contributed by atoms with E-state index < -0.39 is 11.5 Å². The van der Waals surface area contributed by atoms with Gasteiger partial charge in [0.25, 0.3) is 0 Å². The summed E-state index contributed by atoms with van der Waals surface area (Å²) in [5, 5.41) is 9.10. The number of nitrogens with two attached hydrogens (primary N) is 1. The Morgan fingerprint density at radius 1 is 1.67 bits per heavy atom. The van der Waals surface area contributed by atoms with E-state index in [1.165, 1.54) is 0 Å². The van der Waals surface area contributed by atoms with E-state index in [1.54, 1.807) is 0 Å². The first-order valence-electron chi connectivity index (χ1n) is 4.23. The van der Waals surface area contributed by atoms with Gasteiger partial charge in [0.15, 0.2) is 0 Å². The van der Waals surface area contributed by atoms with Gasteiger partial charge < -0.3 is 15.3 Å². The standard InChI is InChI=1S/C8H16N2O2/c1-10(2)5-3-4-8(10,6-9)7(11)12/h3-6,9H2,1-2H3/p+1/t8-/m1/s1. The van der Waals surface area contributed by atoms with Crippen LogP contribution in [0.3, 0.4) is 0 Å². The molecule has 4 nitrogen and oxygen atoms in total. The van der Waals surface area contributed by atoms with E-state index in [0.29, 0.717) is 10.9 Å². The largest absolute Gasteiger partial charge is 0.477 e. The van der Waals surface area contributed by atoms with E-state index in [0.717, 1.165) is 13.0 Å². The number of carboxylic acids is 1. The second kappa shape index (κ2) is 2.71. The van der Waals surface area contributed by atoms with Crippen LogP contribution in [0.5, 0.6) is 0 Å². The Kier molecular flexibility index (Phi) is 2.14. The van der Waals surface area contributed by atoms with Crippen LogP contribution in [-0.4, -0.2) is 48.3 Å². The summed E-state index contributed by atoms with van der Waals surface area (Å²) in [7, 11) is 3.88. The van der Waals surface area contributed by atoms with Gasteiger partial charge in [-0.2, -0.15) is 0 Å². The van der Waals surface area contributed by atoms with E-state index in [9.17, 15) is 4.79 Å². The highest BCUT2D eigenvalue weighted by atomic mass is 16.4. The Morgan fingerprint density at radius 3 is 2.42 bits per heavy atom. The van der Waals surface area contributed by atoms with Crippen molar-refractivity contribution in [3.8, 4) is 0 Å². The molecule has 0 aliphatic carbocycles. The Hall–Kier alpha value is -0.610. The van der Waals surface area contributed by atoms with Crippen molar-refractivity contribution in [2.75, 3.05) is 27.2 Å². The summed E-state index contributed by atoms with van der Waals surface area (Å²) in [6.07, 6.45) is 1.66. The third-order valence-electron chi connectivity index (χ3n) is 3.20. The van der Waals surface area contributed by atoms with Gasteiger partial charge >= 0.3 is 5.97 Å². The molecule has 0 aromatic rings. The molecule has 0 unspecified atom stereocenters. The molecule has 3 N–H and O–H groups in total. The minimum atomic E-state index is -0.757. The van der Waals surface area contributed by atoms with Gasteiger partial charge in [-0.25, -0.2) is 4.79 Å². The topological polar surface area (TPSA) is 63.3 Å². The number of likely N-dealkylation sites (N-methyl/N-ethyl adjacent to an activating group) is 1. The van der Waals surface area contributed by atoms with Crippen molar-refractivity contribution in [1.82, 2.24) is 0 Å². The number of nitrogens with zero attached hydrogens (tertiary/aromatic N) is 1. The Bertz CT molecular complexity index is 203. The van der Waals surface area contributed by atoms with Gasteiger partial charge in [0.2, 0.25) is 5.54 Å². The summed E-state index contributed by atoms with van der Waals surface area (Å²) >= 11 is 0. The van der Waals surface area contributed by atoms with Crippen LogP contribution in [0, 0.1) is 0 Å². The van der Waals surface area contributed by atoms with E-state index in [2.05, 4.69) is 0 Å². The number of hydrogen-bond acceptors (Lipinski definition) is 2. The second-order valence-corrected chi connectivity index (χ2v) is 4.05. The van der Waals surface area contributed by atoms with Crippen LogP contribution in [0.15, 0.2) is 0 Å². The number of likely N-dealkylation sites (tertiary alicyclic amines) is 1. The Labute approximate surface area is 72.6 Å². The number of carboxylic acid groups (broad SMARTS) is 1. The number of aliphatic carboxylic acids is 1. The van der Waals surface area contributed by atoms with Crippen LogP contribution in [0.25, 0.3) is 0 Å². The van der Waals surface area contributed by atoms with Crippen molar-refractivity contribution in [2.45, 2.75) is 18.4 Å². The lowest BCUT2D eigenvalue weighted by Crippen LogP contribution is -2.63. The van der Waals surface area contributed by atoms with E-state index >= 15 is 0 Å². The van der Waals surface area contributed by atoms with Gasteiger partial charge in [-0.1, -0.05) is 0 Å². The predicted octanol–water partition coefficient (Wildman–Crippen LogP) is -0.361. The number of rotatable bonds is 2. The molecule has 0 spiro atoms. The molecular formula is C8H17N2O2+. The normalized spacial score (nSPS) is 33.6. The first-order valence-corrected chi connectivity index (χ1v) is 4.23. The van der Waals surface area contributed by atoms with Crippen LogP contribution in [0.1, 0.15) is 12.8 Å². The second-order valence-electron chi connectivity index (χ2n) is 4.05. The summed E-state index contributed by atoms with van der Waals surface area (Å²) in [4.78, 5) is 11.1. The minimum absolute atomic E-state index is 0.231. The summed E-state index contributed by atoms with van der Waals surface area (Å²) in [5.74, 6) is -0.757. The lowest BCUT2D eigenvalue weighted by Gasteiger charge is -2.39. The van der Waals surface area contributed by atoms with E-state index in [4.69, 9.17) is 10.8 Å². The Balaban J connectivity index is 3.00. The van der Waals surface area contributed by atoms with Crippen molar-refractivity contribution in [3.63, 3.8) is 0 Å². The van der Waals surface area contributed by atoms with Crippen molar-refractivity contribution in [1.29, 1.82) is 0 Å². The Morgan fingerprint density at radius 2 is 2.25 bits per heavy atom. The van der Waals surface area contributed by atoms with Crippen molar-refractivity contribution in [3.05, 3.63) is 0 Å². The highest BCUT2D eigenvalue weighted by molar-refractivity contribution is 5.78. The summed E-state index contributed by atoms with van der Waals surface area (Å²) in [5.41, 5.74) is 4.81. The molecule has 0 radical (unpaired) electrons. The molecule has 4 heteroatoms. The average molecular weight is 173 g/mol. The molecule has 1 atom stereocenters. The minimum Gasteiger partial charge on any atom is -0.477 e. The van der Waals surface area contributed by atoms with Crippen LogP contribution >= 0.6 is 0 Å². The first-order chi connectivity index (χ1) is 5.46. The van der Waals surface area contributed by atoms with Crippen LogP contribution in [-0.2, 0) is 4.79 Å². The fourth-order valence-electron chi connectivity index (χ4n) is 2.09. The van der Waals surface area contributed by atoms with Crippen molar-refractivity contribution in [2.24, 2.45) is 5.73 Å². The molecule has 70 valence electrons. The highest BCUT2D eigenvalue weighted by Gasteiger charge is 2.55. The summed E-state index contributed by atoms with van der Waals surface area (Å²) in [6.45, 7) is 1.14. The molecule has 0 bridgehead atoms. The van der Waals surface area contributed by atoms with Gasteiger partial charge in [0.1, 0.15) is 0 Å². The number of carbonyl (C=O) groups is 1. The quantitative estimate of drug-likeness (QED) is 0.560. The highest BCUT2D eigenvalue weighted by Crippen LogP contribution is 2.33. The molecular weight excluding hydrogens is 156 g/mol. The fourth-order valence-corrected chi connectivity index (χ4v) is 2.09. The third-order valence-corrected chi connectivity index (χ3v) is 3.20. The first kappa shape index (κ1) is 9.48. The lowest BCUT2D eigenvalue weighted by molar-refractivity contribution is -0.917. The molecule has 1 fully saturated rings. The number of hydrogen-bond donors (Lipinski definition) is 2. The molecule has 0 aromatic heterocycles. The van der Waals surface area contributed by atoms with Crippen molar-refractivity contribution >= 4 is 5.97 Å². The smallest absolute Gasteiger partial charge is 0.367 e. The number of quaternary nitrogens is 1. The van der Waals surface area contributed by atoms with Crippen LogP contribution in [0.4, 0.5) is 0 Å². The van der Waals surface area contributed by atoms with Crippen LogP contribution < -0.4 is 5.73 Å². The van der Waals surface area contributed by atoms with Gasteiger partial charge in [-0.15, -0.1) is 0 Å². The molecule has 0 saturated carbocycles. The SMILES string of the molecule is C[N+]1(C)CCC[C@@]1(CN)C(=O)O. The van der Waals surface area contributed by atoms with Gasteiger partial charge in [-0.05, 0) is 0 Å². The van der Waals surface area contributed by atoms with Gasteiger partial charge in [-0.3, -0.25) is 0 Å². The molecule has 1 rings (SSSR count). The average Bonchev–Trinajstić information content (AvgIpc) is 2.25. The van der Waals surface area contributed by atoms with E-state index in [1.807, 2.05) is 14.1 Å². The molecule has 0 amide bonds. The van der Waals surface area contributed by atoms with E-state index in [-0.39, 0.29) is 6.54 Å². The van der Waals surface area contributed by atoms with Crippen LogP contribution in [0.2, 0.25) is 0 Å². The maximum absolute atomic E-state index is 11.1. The third kappa shape index (κ3) is 1.03. The van der Waals surface area contributed by atoms with Gasteiger partial charge in [0.05, 0.1) is 27.2 Å². The van der Waals surface area contributed by atoms with Gasteiger partial charge in [0, 0.05) is 12.8 Å². The summed E-state index contributed by atoms with van der Waals surface area (Å²) < 4.78 is 0.513. The maximum Gasteiger partial charge on any atom is 0.367 e. The molecule has 1 aliphatic rings. The molecule has 0 aromatic carbocycles.